The van der Waals surface area contributed by atoms with Crippen molar-refractivity contribution >= 4 is 0 Å². The topological polar surface area (TPSA) is 0 Å². The lowest BCUT2D eigenvalue weighted by Crippen LogP contribution is -2.40. The van der Waals surface area contributed by atoms with Gasteiger partial charge in [0.25, 0.3) is 0 Å². The minimum Gasteiger partial charge on any atom is -0.210 e. The standard InChI is InChI=1S/C10H20F2/c1-6-9(3,4)10(5,7-2)8(11)12/h8H,6-7H2,1-5H3. The van der Waals surface area contributed by atoms with Crippen LogP contribution in [0.25, 0.3) is 0 Å². The summed E-state index contributed by atoms with van der Waals surface area (Å²) in [6, 6.07) is 0. The first-order valence-corrected chi connectivity index (χ1v) is 4.60. The van der Waals surface area contributed by atoms with Crippen molar-refractivity contribution in [3.8, 4) is 0 Å². The zero-order valence-corrected chi connectivity index (χ0v) is 8.75. The number of alkyl halides is 2. The van der Waals surface area contributed by atoms with Crippen molar-refractivity contribution < 1.29 is 8.78 Å². The van der Waals surface area contributed by atoms with Crippen LogP contribution >= 0.6 is 0 Å². The molecule has 0 radical (unpaired) electrons. The lowest BCUT2D eigenvalue weighted by molar-refractivity contribution is -0.0775. The Morgan fingerprint density at radius 2 is 1.42 bits per heavy atom. The molecule has 74 valence electrons. The monoisotopic (exact) mass is 178 g/mol. The minimum atomic E-state index is -2.22. The van der Waals surface area contributed by atoms with Crippen LogP contribution in [0.4, 0.5) is 8.78 Å². The zero-order valence-electron chi connectivity index (χ0n) is 8.75. The van der Waals surface area contributed by atoms with Gasteiger partial charge in [0, 0.05) is 5.41 Å². The highest BCUT2D eigenvalue weighted by atomic mass is 19.3. The van der Waals surface area contributed by atoms with E-state index in [0.29, 0.717) is 6.42 Å². The van der Waals surface area contributed by atoms with E-state index in [4.69, 9.17) is 0 Å². The highest BCUT2D eigenvalue weighted by Crippen LogP contribution is 2.48. The Kier molecular flexibility index (Phi) is 3.67. The van der Waals surface area contributed by atoms with Crippen LogP contribution in [-0.4, -0.2) is 6.43 Å². The molecule has 0 N–H and O–H groups in total. The first-order valence-electron chi connectivity index (χ1n) is 4.60. The predicted molar refractivity (Wildman–Crippen MR) is 48.5 cm³/mol. The first kappa shape index (κ1) is 11.9. The molecular weight excluding hydrogens is 158 g/mol. The molecule has 0 nitrogen and oxygen atoms in total. The molecular formula is C10H20F2. The second kappa shape index (κ2) is 3.71. The average Bonchev–Trinajstić information content (AvgIpc) is 2.02. The molecule has 0 aromatic rings. The summed E-state index contributed by atoms with van der Waals surface area (Å²) in [6.07, 6.45) is -0.898. The summed E-state index contributed by atoms with van der Waals surface area (Å²) < 4.78 is 25.5. The Hall–Kier alpha value is -0.140. The Labute approximate surface area is 74.4 Å². The SMILES string of the molecule is CCC(C)(C)C(C)(CC)C(F)F. The van der Waals surface area contributed by atoms with Crippen LogP contribution in [0.3, 0.4) is 0 Å². The largest absolute Gasteiger partial charge is 0.244 e. The summed E-state index contributed by atoms with van der Waals surface area (Å²) in [7, 11) is 0. The summed E-state index contributed by atoms with van der Waals surface area (Å²) in [4.78, 5) is 0. The Balaban J connectivity index is 4.74. The maximum Gasteiger partial charge on any atom is 0.244 e. The van der Waals surface area contributed by atoms with Gasteiger partial charge in [0.05, 0.1) is 0 Å². The van der Waals surface area contributed by atoms with E-state index in [2.05, 4.69) is 0 Å². The summed E-state index contributed by atoms with van der Waals surface area (Å²) in [6.45, 7) is 9.33. The second-order valence-electron chi connectivity index (χ2n) is 4.31. The molecule has 0 aliphatic carbocycles. The number of halogens is 2. The van der Waals surface area contributed by atoms with E-state index in [-0.39, 0.29) is 5.41 Å². The van der Waals surface area contributed by atoms with E-state index in [1.807, 2.05) is 27.7 Å². The van der Waals surface area contributed by atoms with Gasteiger partial charge in [-0.15, -0.1) is 0 Å². The number of hydrogen-bond donors (Lipinski definition) is 0. The van der Waals surface area contributed by atoms with Gasteiger partial charge in [-0.05, 0) is 11.8 Å². The average molecular weight is 178 g/mol. The van der Waals surface area contributed by atoms with Crippen LogP contribution in [0.2, 0.25) is 0 Å². The van der Waals surface area contributed by atoms with Crippen molar-refractivity contribution in [2.75, 3.05) is 0 Å². The van der Waals surface area contributed by atoms with Crippen molar-refractivity contribution in [3.63, 3.8) is 0 Å². The molecule has 0 spiro atoms. The van der Waals surface area contributed by atoms with E-state index in [9.17, 15) is 8.78 Å². The first-order chi connectivity index (χ1) is 5.31. The Bertz CT molecular complexity index is 141. The Morgan fingerprint density at radius 3 is 1.50 bits per heavy atom. The fraction of sp³-hybridized carbons (Fsp3) is 1.00. The van der Waals surface area contributed by atoms with E-state index in [0.717, 1.165) is 6.42 Å². The summed E-state index contributed by atoms with van der Waals surface area (Å²) in [5.74, 6) is 0. The molecule has 0 bridgehead atoms. The van der Waals surface area contributed by atoms with Crippen LogP contribution in [0, 0.1) is 10.8 Å². The lowest BCUT2D eigenvalue weighted by Gasteiger charge is -2.42. The number of hydrogen-bond acceptors (Lipinski definition) is 0. The smallest absolute Gasteiger partial charge is 0.210 e. The van der Waals surface area contributed by atoms with Gasteiger partial charge in [-0.25, -0.2) is 8.78 Å². The molecule has 0 fully saturated rings. The Morgan fingerprint density at radius 1 is 1.00 bits per heavy atom. The molecule has 0 saturated heterocycles. The van der Waals surface area contributed by atoms with Gasteiger partial charge in [-0.3, -0.25) is 0 Å². The van der Waals surface area contributed by atoms with Gasteiger partial charge in [0.15, 0.2) is 0 Å². The van der Waals surface area contributed by atoms with Crippen LogP contribution < -0.4 is 0 Å². The molecule has 0 aromatic carbocycles. The molecule has 0 amide bonds. The molecule has 1 unspecified atom stereocenters. The molecule has 1 atom stereocenters. The molecule has 0 aliphatic rings. The maximum absolute atomic E-state index is 12.8. The van der Waals surface area contributed by atoms with Crippen molar-refractivity contribution in [1.82, 2.24) is 0 Å². The van der Waals surface area contributed by atoms with Crippen molar-refractivity contribution in [2.45, 2.75) is 53.9 Å². The van der Waals surface area contributed by atoms with Gasteiger partial charge >= 0.3 is 0 Å². The molecule has 0 heterocycles. The third-order valence-corrected chi connectivity index (χ3v) is 3.65. The lowest BCUT2D eigenvalue weighted by atomic mass is 9.64. The van der Waals surface area contributed by atoms with Gasteiger partial charge < -0.3 is 0 Å². The predicted octanol–water partition coefficient (Wildman–Crippen LogP) is 4.10. The molecule has 0 aliphatic heterocycles. The number of rotatable bonds is 4. The van der Waals surface area contributed by atoms with E-state index in [1.165, 1.54) is 0 Å². The summed E-state index contributed by atoms with van der Waals surface area (Å²) in [5, 5.41) is 0. The summed E-state index contributed by atoms with van der Waals surface area (Å²) >= 11 is 0. The maximum atomic E-state index is 12.8. The van der Waals surface area contributed by atoms with E-state index >= 15 is 0 Å². The van der Waals surface area contributed by atoms with Crippen LogP contribution in [0.5, 0.6) is 0 Å². The normalized spacial score (nSPS) is 18.0. The highest BCUT2D eigenvalue weighted by Gasteiger charge is 2.45. The zero-order chi connectivity index (χ0) is 9.99. The third-order valence-electron chi connectivity index (χ3n) is 3.65. The van der Waals surface area contributed by atoms with Crippen molar-refractivity contribution in [2.24, 2.45) is 10.8 Å². The van der Waals surface area contributed by atoms with E-state index in [1.54, 1.807) is 6.92 Å². The van der Waals surface area contributed by atoms with Crippen molar-refractivity contribution in [1.29, 1.82) is 0 Å². The molecule has 0 aromatic heterocycles. The minimum absolute atomic E-state index is 0.282. The van der Waals surface area contributed by atoms with Gasteiger partial charge in [0.1, 0.15) is 0 Å². The van der Waals surface area contributed by atoms with Crippen LogP contribution in [0.15, 0.2) is 0 Å². The fourth-order valence-electron chi connectivity index (χ4n) is 1.33. The fourth-order valence-corrected chi connectivity index (χ4v) is 1.33. The highest BCUT2D eigenvalue weighted by molar-refractivity contribution is 4.89. The third kappa shape index (κ3) is 1.78. The quantitative estimate of drug-likeness (QED) is 0.608. The van der Waals surface area contributed by atoms with Crippen LogP contribution in [-0.2, 0) is 0 Å². The van der Waals surface area contributed by atoms with Gasteiger partial charge in [0.2, 0.25) is 6.43 Å². The molecule has 12 heavy (non-hydrogen) atoms. The molecule has 2 heteroatoms. The van der Waals surface area contributed by atoms with Crippen LogP contribution in [0.1, 0.15) is 47.5 Å². The van der Waals surface area contributed by atoms with E-state index < -0.39 is 11.8 Å². The second-order valence-corrected chi connectivity index (χ2v) is 4.31. The summed E-state index contributed by atoms with van der Waals surface area (Å²) in [5.41, 5.74) is -1.13. The van der Waals surface area contributed by atoms with Gasteiger partial charge in [-0.1, -0.05) is 41.0 Å². The van der Waals surface area contributed by atoms with Gasteiger partial charge in [-0.2, -0.15) is 0 Å². The molecule has 0 rings (SSSR count). The van der Waals surface area contributed by atoms with Crippen molar-refractivity contribution in [3.05, 3.63) is 0 Å². The molecule has 0 saturated carbocycles.